The van der Waals surface area contributed by atoms with E-state index in [0.717, 1.165) is 6.42 Å². The molecule has 5 heavy (non-hydrogen) atoms. The van der Waals surface area contributed by atoms with Crippen molar-refractivity contribution in [2.75, 3.05) is 0 Å². The molecule has 0 aromatic heterocycles. The Morgan fingerprint density at radius 3 is 2.00 bits per heavy atom. The first-order chi connectivity index (χ1) is 2.30. The minimum atomic E-state index is 0.0376. The fraction of sp³-hybridized carbons (Fsp3) is 1.00. The Balaban J connectivity index is 2.20. The van der Waals surface area contributed by atoms with E-state index in [1.807, 2.05) is 0 Å². The Morgan fingerprint density at radius 1 is 1.80 bits per heavy atom. The molecule has 0 spiro atoms. The molecule has 1 fully saturated rings. The fourth-order valence-corrected chi connectivity index (χ4v) is 0.673. The van der Waals surface area contributed by atoms with Crippen molar-refractivity contribution in [3.05, 3.63) is 0 Å². The largest absolute Gasteiger partial charge is 0.392 e. The number of hydrogen-bond acceptors (Lipinski definition) is 1. The van der Waals surface area contributed by atoms with Gasteiger partial charge in [0.15, 0.2) is 0 Å². The molecule has 30 valence electrons. The van der Waals surface area contributed by atoms with Gasteiger partial charge in [-0.1, -0.05) is 22.6 Å². The second kappa shape index (κ2) is 1.08. The summed E-state index contributed by atoms with van der Waals surface area (Å²) in [6.07, 6.45) is 1.05. The molecule has 1 unspecified atom stereocenters. The van der Waals surface area contributed by atoms with Crippen LogP contribution in [0.25, 0.3) is 0 Å². The summed E-state index contributed by atoms with van der Waals surface area (Å²) in [5.74, 6) is 0. The van der Waals surface area contributed by atoms with Crippen LogP contribution in [-0.2, 0) is 0 Å². The van der Waals surface area contributed by atoms with Crippen molar-refractivity contribution >= 4 is 22.6 Å². The van der Waals surface area contributed by atoms with Crippen LogP contribution in [0.15, 0.2) is 0 Å². The average molecular weight is 184 g/mol. The SMILES string of the molecule is OC1C[C@H]1I. The summed E-state index contributed by atoms with van der Waals surface area (Å²) in [4.78, 5) is 0. The molecule has 0 aromatic rings. The summed E-state index contributed by atoms with van der Waals surface area (Å²) < 4.78 is 0.576. The van der Waals surface area contributed by atoms with E-state index in [0.29, 0.717) is 3.92 Å². The lowest BCUT2D eigenvalue weighted by molar-refractivity contribution is 0.282. The van der Waals surface area contributed by atoms with E-state index in [4.69, 9.17) is 5.11 Å². The summed E-state index contributed by atoms with van der Waals surface area (Å²) in [5, 5.41) is 8.43. The first-order valence-corrected chi connectivity index (χ1v) is 2.87. The number of aliphatic hydroxyl groups is 1. The monoisotopic (exact) mass is 184 g/mol. The average Bonchev–Trinajstić information content (AvgIpc) is 1.79. The van der Waals surface area contributed by atoms with Gasteiger partial charge in [0.05, 0.1) is 6.10 Å². The molecular formula is C3H5IO. The Hall–Kier alpha value is 0.690. The molecule has 1 nitrogen and oxygen atoms in total. The summed E-state index contributed by atoms with van der Waals surface area (Å²) in [7, 11) is 0. The Kier molecular flexibility index (Phi) is 0.835. The van der Waals surface area contributed by atoms with Crippen LogP contribution in [0.1, 0.15) is 6.42 Å². The zero-order valence-electron chi connectivity index (χ0n) is 2.69. The van der Waals surface area contributed by atoms with Crippen molar-refractivity contribution in [1.82, 2.24) is 0 Å². The van der Waals surface area contributed by atoms with E-state index in [2.05, 4.69) is 22.6 Å². The molecule has 1 rings (SSSR count). The molecule has 0 aliphatic heterocycles. The third-order valence-electron chi connectivity index (χ3n) is 0.681. The Morgan fingerprint density at radius 2 is 2.00 bits per heavy atom. The van der Waals surface area contributed by atoms with Crippen molar-refractivity contribution in [2.24, 2.45) is 0 Å². The molecule has 0 bridgehead atoms. The van der Waals surface area contributed by atoms with Gasteiger partial charge in [-0.3, -0.25) is 0 Å². The van der Waals surface area contributed by atoms with Crippen molar-refractivity contribution in [2.45, 2.75) is 16.4 Å². The highest BCUT2D eigenvalue weighted by Gasteiger charge is 2.31. The highest BCUT2D eigenvalue weighted by Crippen LogP contribution is 2.29. The van der Waals surface area contributed by atoms with Gasteiger partial charge in [-0.25, -0.2) is 0 Å². The van der Waals surface area contributed by atoms with Crippen LogP contribution in [0.2, 0.25) is 0 Å². The lowest BCUT2D eigenvalue weighted by Crippen LogP contribution is -1.76. The standard InChI is InChI=1S/C3H5IO/c4-2-1-3(2)5/h2-3,5H,1H2/t2-,3?/m1/s1. The van der Waals surface area contributed by atoms with Gasteiger partial charge in [-0.05, 0) is 6.42 Å². The second-order valence-electron chi connectivity index (χ2n) is 1.32. The zero-order chi connectivity index (χ0) is 3.86. The van der Waals surface area contributed by atoms with Crippen molar-refractivity contribution in [3.8, 4) is 0 Å². The van der Waals surface area contributed by atoms with Crippen LogP contribution < -0.4 is 0 Å². The third-order valence-corrected chi connectivity index (χ3v) is 2.02. The van der Waals surface area contributed by atoms with Crippen molar-refractivity contribution in [3.63, 3.8) is 0 Å². The maximum Gasteiger partial charge on any atom is 0.0669 e. The van der Waals surface area contributed by atoms with Gasteiger partial charge in [0, 0.05) is 3.92 Å². The molecule has 1 N–H and O–H groups in total. The molecule has 0 heterocycles. The molecular weight excluding hydrogens is 179 g/mol. The molecule has 0 aromatic carbocycles. The summed E-state index contributed by atoms with van der Waals surface area (Å²) >= 11 is 2.23. The van der Waals surface area contributed by atoms with Crippen LogP contribution in [0.3, 0.4) is 0 Å². The minimum absolute atomic E-state index is 0.0376. The van der Waals surface area contributed by atoms with E-state index in [1.165, 1.54) is 0 Å². The first kappa shape index (κ1) is 3.87. The molecule has 1 saturated carbocycles. The quantitative estimate of drug-likeness (QED) is 0.430. The molecule has 2 heteroatoms. The fourth-order valence-electron chi connectivity index (χ4n) is 0.152. The summed E-state index contributed by atoms with van der Waals surface area (Å²) in [6.45, 7) is 0. The smallest absolute Gasteiger partial charge is 0.0669 e. The second-order valence-corrected chi connectivity index (χ2v) is 2.92. The summed E-state index contributed by atoms with van der Waals surface area (Å²) in [5.41, 5.74) is 0. The van der Waals surface area contributed by atoms with Crippen molar-refractivity contribution in [1.29, 1.82) is 0 Å². The Labute approximate surface area is 44.5 Å². The van der Waals surface area contributed by atoms with Crippen LogP contribution in [0, 0.1) is 0 Å². The van der Waals surface area contributed by atoms with E-state index in [1.54, 1.807) is 0 Å². The van der Waals surface area contributed by atoms with Crippen LogP contribution >= 0.6 is 22.6 Å². The third kappa shape index (κ3) is 0.758. The van der Waals surface area contributed by atoms with Gasteiger partial charge in [0.1, 0.15) is 0 Å². The highest BCUT2D eigenvalue weighted by molar-refractivity contribution is 14.1. The van der Waals surface area contributed by atoms with Crippen LogP contribution in [0.5, 0.6) is 0 Å². The van der Waals surface area contributed by atoms with Crippen molar-refractivity contribution < 1.29 is 5.11 Å². The molecule has 0 saturated heterocycles. The number of halogens is 1. The lowest BCUT2D eigenvalue weighted by atomic mass is 10.9. The predicted molar refractivity (Wildman–Crippen MR) is 28.4 cm³/mol. The molecule has 1 aliphatic rings. The summed E-state index contributed by atoms with van der Waals surface area (Å²) in [6, 6.07) is 0. The van der Waals surface area contributed by atoms with E-state index in [9.17, 15) is 0 Å². The van der Waals surface area contributed by atoms with Gasteiger partial charge in [0.2, 0.25) is 0 Å². The van der Waals surface area contributed by atoms with Gasteiger partial charge in [-0.2, -0.15) is 0 Å². The van der Waals surface area contributed by atoms with E-state index in [-0.39, 0.29) is 6.10 Å². The molecule has 1 aliphatic carbocycles. The topological polar surface area (TPSA) is 20.2 Å². The lowest BCUT2D eigenvalue weighted by Gasteiger charge is -1.66. The van der Waals surface area contributed by atoms with E-state index < -0.39 is 0 Å². The zero-order valence-corrected chi connectivity index (χ0v) is 4.84. The number of rotatable bonds is 0. The Bertz CT molecular complexity index is 40.2. The predicted octanol–water partition coefficient (Wildman–Crippen LogP) is 0.555. The minimum Gasteiger partial charge on any atom is -0.392 e. The van der Waals surface area contributed by atoms with Gasteiger partial charge >= 0.3 is 0 Å². The first-order valence-electron chi connectivity index (χ1n) is 1.63. The normalized spacial score (nSPS) is 49.2. The maximum absolute atomic E-state index is 8.43. The number of alkyl halides is 1. The molecule has 2 atom stereocenters. The molecule has 0 amide bonds. The van der Waals surface area contributed by atoms with Crippen LogP contribution in [0.4, 0.5) is 0 Å². The maximum atomic E-state index is 8.43. The van der Waals surface area contributed by atoms with E-state index >= 15 is 0 Å². The van der Waals surface area contributed by atoms with Gasteiger partial charge in [0.25, 0.3) is 0 Å². The van der Waals surface area contributed by atoms with Gasteiger partial charge < -0.3 is 5.11 Å². The van der Waals surface area contributed by atoms with Gasteiger partial charge in [-0.15, -0.1) is 0 Å². The number of aliphatic hydroxyl groups excluding tert-OH is 1. The van der Waals surface area contributed by atoms with Crippen LogP contribution in [-0.4, -0.2) is 15.1 Å². The highest BCUT2D eigenvalue weighted by atomic mass is 127. The molecule has 0 radical (unpaired) electrons. The number of hydrogen-bond donors (Lipinski definition) is 1.